The molecule has 0 aromatic heterocycles. The van der Waals surface area contributed by atoms with Crippen LogP contribution in [0.3, 0.4) is 0 Å². The molecule has 0 unspecified atom stereocenters. The van der Waals surface area contributed by atoms with Gasteiger partial charge >= 0.3 is 12.0 Å². The van der Waals surface area contributed by atoms with E-state index >= 15 is 0 Å². The lowest BCUT2D eigenvalue weighted by Crippen LogP contribution is -2.59. The van der Waals surface area contributed by atoms with Gasteiger partial charge in [-0.2, -0.15) is 0 Å². The average Bonchev–Trinajstić information content (AvgIpc) is 2.68. The highest BCUT2D eigenvalue weighted by atomic mass is 16.5. The van der Waals surface area contributed by atoms with Crippen molar-refractivity contribution in [3.8, 4) is 5.75 Å². The molecule has 0 radical (unpaired) electrons. The highest BCUT2D eigenvalue weighted by Gasteiger charge is 2.35. The molecule has 2 aliphatic rings. The van der Waals surface area contributed by atoms with Crippen LogP contribution in [0.4, 0.5) is 10.5 Å². The van der Waals surface area contributed by atoms with Crippen molar-refractivity contribution in [2.75, 3.05) is 51.3 Å². The molecule has 8 nitrogen and oxygen atoms in total. The minimum absolute atomic E-state index is 0.0237. The number of ether oxygens (including phenoxy) is 1. The van der Waals surface area contributed by atoms with Crippen LogP contribution >= 0.6 is 0 Å². The number of para-hydroxylation sites is 2. The molecule has 0 bridgehead atoms. The van der Waals surface area contributed by atoms with E-state index in [9.17, 15) is 9.59 Å². The molecule has 0 atom stereocenters. The van der Waals surface area contributed by atoms with Crippen LogP contribution in [-0.2, 0) is 4.79 Å². The second-order valence-electron chi connectivity index (χ2n) is 7.37. The Morgan fingerprint density at radius 2 is 1.89 bits per heavy atom. The SMILES string of the molecule is CCN(CC(=O)O)C1CC(NC(=O)N2CCN(c3ccccc3OC)CC2)C1. The lowest BCUT2D eigenvalue weighted by molar-refractivity contribution is -0.139. The predicted octanol–water partition coefficient (Wildman–Crippen LogP) is 1.46. The first-order valence-electron chi connectivity index (χ1n) is 9.91. The zero-order valence-corrected chi connectivity index (χ0v) is 16.6. The Kier molecular flexibility index (Phi) is 6.61. The smallest absolute Gasteiger partial charge is 0.317 e. The van der Waals surface area contributed by atoms with E-state index in [0.29, 0.717) is 19.6 Å². The van der Waals surface area contributed by atoms with Crippen molar-refractivity contribution in [1.82, 2.24) is 15.1 Å². The van der Waals surface area contributed by atoms with Gasteiger partial charge in [0.2, 0.25) is 0 Å². The molecule has 2 amide bonds. The molecule has 1 aromatic carbocycles. The number of anilines is 1. The Hall–Kier alpha value is -2.48. The van der Waals surface area contributed by atoms with E-state index in [1.54, 1.807) is 7.11 Å². The maximum Gasteiger partial charge on any atom is 0.317 e. The predicted molar refractivity (Wildman–Crippen MR) is 107 cm³/mol. The Balaban J connectivity index is 1.43. The largest absolute Gasteiger partial charge is 0.495 e. The third-order valence-electron chi connectivity index (χ3n) is 5.69. The number of piperazine rings is 1. The van der Waals surface area contributed by atoms with Crippen LogP contribution in [0.2, 0.25) is 0 Å². The summed E-state index contributed by atoms with van der Waals surface area (Å²) in [6.45, 7) is 5.61. The van der Waals surface area contributed by atoms with Gasteiger partial charge < -0.3 is 25.0 Å². The fraction of sp³-hybridized carbons (Fsp3) is 0.600. The molecule has 1 aliphatic heterocycles. The van der Waals surface area contributed by atoms with Gasteiger partial charge in [-0.1, -0.05) is 19.1 Å². The average molecular weight is 390 g/mol. The maximum atomic E-state index is 12.6. The van der Waals surface area contributed by atoms with Gasteiger partial charge in [0.05, 0.1) is 19.3 Å². The van der Waals surface area contributed by atoms with Crippen molar-refractivity contribution >= 4 is 17.7 Å². The first kappa shape index (κ1) is 20.3. The number of carbonyl (C=O) groups is 2. The van der Waals surface area contributed by atoms with Crippen LogP contribution in [0.1, 0.15) is 19.8 Å². The number of nitrogens with zero attached hydrogens (tertiary/aromatic N) is 3. The number of rotatable bonds is 7. The zero-order valence-electron chi connectivity index (χ0n) is 16.6. The fourth-order valence-electron chi connectivity index (χ4n) is 3.98. The molecular formula is C20H30N4O4. The van der Waals surface area contributed by atoms with Crippen LogP contribution in [-0.4, -0.2) is 85.4 Å². The molecule has 1 heterocycles. The van der Waals surface area contributed by atoms with Crippen molar-refractivity contribution in [3.05, 3.63) is 24.3 Å². The second-order valence-corrected chi connectivity index (χ2v) is 7.37. The molecule has 154 valence electrons. The molecule has 3 rings (SSSR count). The first-order valence-corrected chi connectivity index (χ1v) is 9.91. The number of urea groups is 1. The summed E-state index contributed by atoms with van der Waals surface area (Å²) >= 11 is 0. The number of benzene rings is 1. The summed E-state index contributed by atoms with van der Waals surface area (Å²) in [7, 11) is 1.67. The topological polar surface area (TPSA) is 85.4 Å². The third-order valence-corrected chi connectivity index (χ3v) is 5.69. The summed E-state index contributed by atoms with van der Waals surface area (Å²) in [5.41, 5.74) is 1.06. The van der Waals surface area contributed by atoms with E-state index in [0.717, 1.165) is 37.4 Å². The van der Waals surface area contributed by atoms with Gasteiger partial charge in [0, 0.05) is 38.3 Å². The molecule has 1 aliphatic carbocycles. The molecule has 2 N–H and O–H groups in total. The third kappa shape index (κ3) is 4.67. The van der Waals surface area contributed by atoms with Crippen LogP contribution in [0.5, 0.6) is 5.75 Å². The van der Waals surface area contributed by atoms with E-state index < -0.39 is 5.97 Å². The molecule has 8 heteroatoms. The van der Waals surface area contributed by atoms with Crippen molar-refractivity contribution in [2.24, 2.45) is 0 Å². The Morgan fingerprint density at radius 1 is 1.21 bits per heavy atom. The lowest BCUT2D eigenvalue weighted by atomic mass is 9.85. The van der Waals surface area contributed by atoms with Gasteiger partial charge in [-0.15, -0.1) is 0 Å². The number of carboxylic acids is 1. The number of carboxylic acid groups (broad SMARTS) is 1. The molecule has 2 fully saturated rings. The zero-order chi connectivity index (χ0) is 20.1. The number of hydrogen-bond donors (Lipinski definition) is 2. The number of hydrogen-bond acceptors (Lipinski definition) is 5. The van der Waals surface area contributed by atoms with Crippen molar-refractivity contribution in [1.29, 1.82) is 0 Å². The van der Waals surface area contributed by atoms with Gasteiger partial charge in [0.15, 0.2) is 0 Å². The van der Waals surface area contributed by atoms with Gasteiger partial charge in [-0.05, 0) is 31.5 Å². The number of nitrogens with one attached hydrogen (secondary N) is 1. The molecule has 1 saturated carbocycles. The number of aliphatic carboxylic acids is 1. The molecule has 1 aromatic rings. The molecule has 28 heavy (non-hydrogen) atoms. The Labute approximate surface area is 166 Å². The Morgan fingerprint density at radius 3 is 2.50 bits per heavy atom. The van der Waals surface area contributed by atoms with Crippen LogP contribution in [0.25, 0.3) is 0 Å². The maximum absolute atomic E-state index is 12.6. The van der Waals surface area contributed by atoms with E-state index in [4.69, 9.17) is 9.84 Å². The fourth-order valence-corrected chi connectivity index (χ4v) is 3.98. The summed E-state index contributed by atoms with van der Waals surface area (Å²) < 4.78 is 5.43. The standard InChI is InChI=1S/C20H30N4O4/c1-3-22(14-19(25)26)16-12-15(13-16)21-20(27)24-10-8-23(9-11-24)17-6-4-5-7-18(17)28-2/h4-7,15-16H,3,8-14H2,1-2H3,(H,21,27)(H,25,26). The molecular weight excluding hydrogens is 360 g/mol. The molecule has 1 saturated heterocycles. The van der Waals surface area contributed by atoms with Crippen LogP contribution < -0.4 is 15.0 Å². The number of carbonyl (C=O) groups excluding carboxylic acids is 1. The minimum atomic E-state index is -0.803. The summed E-state index contributed by atoms with van der Waals surface area (Å²) in [6, 6.07) is 8.29. The van der Waals surface area contributed by atoms with E-state index in [-0.39, 0.29) is 24.7 Å². The number of likely N-dealkylation sites (N-methyl/N-ethyl adjacent to an activating group) is 1. The normalized spacial score (nSPS) is 22.0. The van der Waals surface area contributed by atoms with E-state index in [1.165, 1.54) is 0 Å². The van der Waals surface area contributed by atoms with Crippen molar-refractivity contribution < 1.29 is 19.4 Å². The second kappa shape index (κ2) is 9.14. The number of amides is 2. The minimum Gasteiger partial charge on any atom is -0.495 e. The van der Waals surface area contributed by atoms with Crippen molar-refractivity contribution in [3.63, 3.8) is 0 Å². The summed E-state index contributed by atoms with van der Waals surface area (Å²) in [6.07, 6.45) is 1.63. The van der Waals surface area contributed by atoms with E-state index in [2.05, 4.69) is 10.2 Å². The van der Waals surface area contributed by atoms with Gasteiger partial charge in [0.25, 0.3) is 0 Å². The summed E-state index contributed by atoms with van der Waals surface area (Å²) in [4.78, 5) is 29.5. The van der Waals surface area contributed by atoms with Crippen molar-refractivity contribution in [2.45, 2.75) is 31.8 Å². The first-order chi connectivity index (χ1) is 13.5. The quantitative estimate of drug-likeness (QED) is 0.733. The van der Waals surface area contributed by atoms with Gasteiger partial charge in [-0.3, -0.25) is 9.69 Å². The Bertz CT molecular complexity index is 685. The monoisotopic (exact) mass is 390 g/mol. The summed E-state index contributed by atoms with van der Waals surface area (Å²) in [5, 5.41) is 12.1. The highest BCUT2D eigenvalue weighted by Crippen LogP contribution is 2.29. The van der Waals surface area contributed by atoms with Gasteiger partial charge in [0.1, 0.15) is 5.75 Å². The highest BCUT2D eigenvalue weighted by molar-refractivity contribution is 5.75. The molecule has 0 spiro atoms. The lowest BCUT2D eigenvalue weighted by Gasteiger charge is -2.43. The van der Waals surface area contributed by atoms with Crippen LogP contribution in [0.15, 0.2) is 24.3 Å². The number of methoxy groups -OCH3 is 1. The van der Waals surface area contributed by atoms with Crippen LogP contribution in [0, 0.1) is 0 Å². The van der Waals surface area contributed by atoms with Gasteiger partial charge in [-0.25, -0.2) is 4.79 Å². The summed E-state index contributed by atoms with van der Waals surface area (Å²) in [5.74, 6) is 0.0463. The van der Waals surface area contributed by atoms with E-state index in [1.807, 2.05) is 41.0 Å².